The Morgan fingerprint density at radius 1 is 1.00 bits per heavy atom. The summed E-state index contributed by atoms with van der Waals surface area (Å²) in [5.41, 5.74) is -1.31. The summed E-state index contributed by atoms with van der Waals surface area (Å²) in [4.78, 5) is 27.3. The second kappa shape index (κ2) is 6.24. The number of amides is 2. The summed E-state index contributed by atoms with van der Waals surface area (Å²) in [6.45, 7) is -0.602. The van der Waals surface area contributed by atoms with Crippen molar-refractivity contribution in [3.05, 3.63) is 69.7 Å². The maximum absolute atomic E-state index is 13.0. The Kier molecular flexibility index (Phi) is 4.23. The van der Waals surface area contributed by atoms with Crippen molar-refractivity contribution < 1.29 is 24.9 Å². The molecule has 0 saturated heterocycles. The number of carbonyl (C=O) groups excluding carboxylic acids is 2. The van der Waals surface area contributed by atoms with Crippen LogP contribution in [-0.4, -0.2) is 50.3 Å². The second-order valence-electron chi connectivity index (χ2n) is 7.19. The number of imide groups is 1. The van der Waals surface area contributed by atoms with Gasteiger partial charge in [-0.3, -0.25) is 14.5 Å². The number of halogens is 1. The molecule has 1 saturated carbocycles. The molecule has 140 valence electrons. The fourth-order valence-corrected chi connectivity index (χ4v) is 4.46. The fraction of sp³-hybridized carbons (Fsp3) is 0.300. The Labute approximate surface area is 164 Å². The van der Waals surface area contributed by atoms with E-state index in [4.69, 9.17) is 0 Å². The summed E-state index contributed by atoms with van der Waals surface area (Å²) < 4.78 is 0.841. The van der Waals surface area contributed by atoms with Gasteiger partial charge in [-0.05, 0) is 29.8 Å². The molecule has 2 aromatic carbocycles. The number of aliphatic hydroxyl groups excluding tert-OH is 2. The summed E-state index contributed by atoms with van der Waals surface area (Å²) in [5.74, 6) is -0.835. The van der Waals surface area contributed by atoms with Crippen molar-refractivity contribution in [2.75, 3.05) is 6.61 Å². The average molecular weight is 432 g/mol. The van der Waals surface area contributed by atoms with Gasteiger partial charge in [-0.2, -0.15) is 0 Å². The lowest BCUT2D eigenvalue weighted by molar-refractivity contribution is -0.196. The summed E-state index contributed by atoms with van der Waals surface area (Å²) in [7, 11) is 0. The van der Waals surface area contributed by atoms with Crippen molar-refractivity contribution in [3.63, 3.8) is 0 Å². The van der Waals surface area contributed by atoms with E-state index in [2.05, 4.69) is 15.9 Å². The molecule has 1 unspecified atom stereocenters. The van der Waals surface area contributed by atoms with Gasteiger partial charge in [-0.15, -0.1) is 0 Å². The zero-order chi connectivity index (χ0) is 19.4. The molecule has 4 rings (SSSR count). The van der Waals surface area contributed by atoms with Crippen LogP contribution in [0.2, 0.25) is 0 Å². The third-order valence-electron chi connectivity index (χ3n) is 5.59. The van der Waals surface area contributed by atoms with Gasteiger partial charge in [0.05, 0.1) is 28.9 Å². The van der Waals surface area contributed by atoms with Gasteiger partial charge in [0.15, 0.2) is 0 Å². The number of fused-ring (bicyclic) bond motifs is 1. The van der Waals surface area contributed by atoms with E-state index >= 15 is 0 Å². The van der Waals surface area contributed by atoms with Crippen LogP contribution in [0.25, 0.3) is 0 Å². The number of rotatable bonds is 4. The number of carbonyl (C=O) groups is 2. The molecule has 6 nitrogen and oxygen atoms in total. The van der Waals surface area contributed by atoms with Crippen LogP contribution in [0, 0.1) is 0 Å². The number of nitrogens with zero attached hydrogens (tertiary/aromatic N) is 1. The molecule has 2 amide bonds. The minimum absolute atomic E-state index is 0.0468. The molecule has 27 heavy (non-hydrogen) atoms. The van der Waals surface area contributed by atoms with Crippen molar-refractivity contribution >= 4 is 27.7 Å². The van der Waals surface area contributed by atoms with E-state index in [1.165, 1.54) is 4.90 Å². The average Bonchev–Trinajstić information content (AvgIpc) is 2.90. The summed E-state index contributed by atoms with van der Waals surface area (Å²) in [6, 6.07) is 13.8. The highest BCUT2D eigenvalue weighted by Crippen LogP contribution is 2.55. The Bertz CT molecular complexity index is 885. The minimum atomic E-state index is -1.57. The molecule has 7 heteroatoms. The second-order valence-corrected chi connectivity index (χ2v) is 8.10. The van der Waals surface area contributed by atoms with Crippen molar-refractivity contribution in [2.24, 2.45) is 0 Å². The van der Waals surface area contributed by atoms with Crippen molar-refractivity contribution in [2.45, 2.75) is 30.1 Å². The van der Waals surface area contributed by atoms with Crippen molar-refractivity contribution in [1.82, 2.24) is 4.90 Å². The van der Waals surface area contributed by atoms with Crippen LogP contribution in [0.4, 0.5) is 0 Å². The highest BCUT2D eigenvalue weighted by molar-refractivity contribution is 9.10. The first-order valence-electron chi connectivity index (χ1n) is 8.58. The monoisotopic (exact) mass is 431 g/mol. The smallest absolute Gasteiger partial charge is 0.262 e. The summed E-state index contributed by atoms with van der Waals surface area (Å²) in [5, 5.41) is 30.0. The van der Waals surface area contributed by atoms with E-state index in [9.17, 15) is 24.9 Å². The van der Waals surface area contributed by atoms with Gasteiger partial charge in [0.25, 0.3) is 11.8 Å². The lowest BCUT2D eigenvalue weighted by Gasteiger charge is -2.58. The fourth-order valence-electron chi connectivity index (χ4n) is 4.20. The molecule has 1 aliphatic heterocycles. The molecule has 0 bridgehead atoms. The Hall–Kier alpha value is -2.06. The van der Waals surface area contributed by atoms with E-state index in [0.29, 0.717) is 16.7 Å². The van der Waals surface area contributed by atoms with E-state index < -0.39 is 35.7 Å². The summed E-state index contributed by atoms with van der Waals surface area (Å²) >= 11 is 3.37. The van der Waals surface area contributed by atoms with E-state index in [0.717, 1.165) is 4.47 Å². The zero-order valence-corrected chi connectivity index (χ0v) is 15.9. The Morgan fingerprint density at radius 3 is 2.00 bits per heavy atom. The van der Waals surface area contributed by atoms with Crippen LogP contribution in [0.3, 0.4) is 0 Å². The maximum Gasteiger partial charge on any atom is 0.262 e. The van der Waals surface area contributed by atoms with Crippen LogP contribution < -0.4 is 0 Å². The quantitative estimate of drug-likeness (QED) is 0.641. The number of benzene rings is 2. The zero-order valence-electron chi connectivity index (χ0n) is 14.3. The van der Waals surface area contributed by atoms with E-state index in [1.54, 1.807) is 48.5 Å². The van der Waals surface area contributed by atoms with Crippen molar-refractivity contribution in [1.29, 1.82) is 0 Å². The predicted octanol–water partition coefficient (Wildman–Crippen LogP) is 1.82. The maximum atomic E-state index is 13.0. The van der Waals surface area contributed by atoms with Gasteiger partial charge in [0, 0.05) is 17.3 Å². The third-order valence-corrected chi connectivity index (χ3v) is 6.12. The van der Waals surface area contributed by atoms with Gasteiger partial charge in [-0.25, -0.2) is 0 Å². The summed E-state index contributed by atoms with van der Waals surface area (Å²) in [6.07, 6.45) is -1.44. The van der Waals surface area contributed by atoms with Gasteiger partial charge in [-0.1, -0.05) is 40.2 Å². The standard InChI is InChI=1S/C20H18BrNO5/c21-13-7-5-12(6-8-13)19(10-20(27,11-19)16(24)9-23)22-17(25)14-3-1-2-4-15(14)18(22)26/h1-8,16,23-24,27H,9-11H2. The van der Waals surface area contributed by atoms with Crippen LogP contribution in [-0.2, 0) is 5.54 Å². The normalized spacial score (nSPS) is 28.1. The first kappa shape index (κ1) is 18.3. The van der Waals surface area contributed by atoms with Gasteiger partial charge < -0.3 is 15.3 Å². The molecule has 3 N–H and O–H groups in total. The Morgan fingerprint density at radius 2 is 1.52 bits per heavy atom. The van der Waals surface area contributed by atoms with Crippen LogP contribution in [0.15, 0.2) is 53.0 Å². The highest BCUT2D eigenvalue weighted by atomic mass is 79.9. The molecule has 1 aliphatic carbocycles. The van der Waals surface area contributed by atoms with Gasteiger partial charge >= 0.3 is 0 Å². The van der Waals surface area contributed by atoms with Gasteiger partial charge in [0.2, 0.25) is 0 Å². The number of hydrogen-bond acceptors (Lipinski definition) is 5. The largest absolute Gasteiger partial charge is 0.394 e. The van der Waals surface area contributed by atoms with Crippen molar-refractivity contribution in [3.8, 4) is 0 Å². The molecule has 2 aliphatic rings. The van der Waals surface area contributed by atoms with E-state index in [-0.39, 0.29) is 12.8 Å². The minimum Gasteiger partial charge on any atom is -0.394 e. The van der Waals surface area contributed by atoms with Crippen LogP contribution in [0.5, 0.6) is 0 Å². The first-order chi connectivity index (χ1) is 12.8. The lowest BCUT2D eigenvalue weighted by atomic mass is 9.58. The molecule has 0 spiro atoms. The van der Waals surface area contributed by atoms with Crippen LogP contribution >= 0.6 is 15.9 Å². The molecule has 1 atom stereocenters. The topological polar surface area (TPSA) is 98.1 Å². The number of aliphatic hydroxyl groups is 3. The van der Waals surface area contributed by atoms with Gasteiger partial charge in [0.1, 0.15) is 6.10 Å². The molecule has 1 heterocycles. The first-order valence-corrected chi connectivity index (χ1v) is 9.37. The SMILES string of the molecule is O=C1c2ccccc2C(=O)N1C1(c2ccc(Br)cc2)CC(O)(C(O)CO)C1. The highest BCUT2D eigenvalue weighted by Gasteiger charge is 2.64. The third kappa shape index (κ3) is 2.57. The Balaban J connectivity index is 1.81. The number of hydrogen-bond donors (Lipinski definition) is 3. The molecular formula is C20H18BrNO5. The van der Waals surface area contributed by atoms with E-state index in [1.807, 2.05) is 0 Å². The molecular weight excluding hydrogens is 414 g/mol. The molecule has 0 aromatic heterocycles. The molecule has 1 fully saturated rings. The lowest BCUT2D eigenvalue weighted by Crippen LogP contribution is -2.68. The molecule has 2 aromatic rings. The van der Waals surface area contributed by atoms with Crippen LogP contribution in [0.1, 0.15) is 39.1 Å². The predicted molar refractivity (Wildman–Crippen MR) is 100 cm³/mol. The molecule has 0 radical (unpaired) electrons.